The highest BCUT2D eigenvalue weighted by Crippen LogP contribution is 2.34. The second-order valence-corrected chi connectivity index (χ2v) is 6.48. The molecule has 2 nitrogen and oxygen atoms in total. The largest absolute Gasteiger partial charge is 0.493 e. The minimum absolute atomic E-state index is 0.575. The van der Waals surface area contributed by atoms with Crippen molar-refractivity contribution < 1.29 is 9.47 Å². The standard InChI is InChI=1S/C16H23BrO2/c1-18-15-9-8-12(11-16(15)19-2)10-14(17)13-6-4-3-5-7-13/h8-9,11,13-14H,3-7,10H2,1-2H3. The molecule has 1 fully saturated rings. The molecule has 1 aliphatic rings. The Bertz CT molecular complexity index is 400. The number of hydrogen-bond donors (Lipinski definition) is 0. The minimum Gasteiger partial charge on any atom is -0.493 e. The predicted octanol–water partition coefficient (Wildman–Crippen LogP) is 4.59. The van der Waals surface area contributed by atoms with E-state index < -0.39 is 0 Å². The predicted molar refractivity (Wildman–Crippen MR) is 82.5 cm³/mol. The number of hydrogen-bond acceptors (Lipinski definition) is 2. The molecule has 0 aromatic heterocycles. The summed E-state index contributed by atoms with van der Waals surface area (Å²) in [6.45, 7) is 0. The maximum atomic E-state index is 5.36. The Morgan fingerprint density at radius 2 is 1.79 bits per heavy atom. The van der Waals surface area contributed by atoms with Gasteiger partial charge in [0.05, 0.1) is 14.2 Å². The number of benzene rings is 1. The second kappa shape index (κ2) is 7.18. The molecule has 1 aromatic carbocycles. The van der Waals surface area contributed by atoms with Gasteiger partial charge in [0.15, 0.2) is 11.5 Å². The van der Waals surface area contributed by atoms with E-state index in [0.717, 1.165) is 23.8 Å². The van der Waals surface area contributed by atoms with E-state index >= 15 is 0 Å². The summed E-state index contributed by atoms with van der Waals surface area (Å²) < 4.78 is 10.6. The van der Waals surface area contributed by atoms with Crippen molar-refractivity contribution >= 4 is 15.9 Å². The minimum atomic E-state index is 0.575. The quantitative estimate of drug-likeness (QED) is 0.737. The highest BCUT2D eigenvalue weighted by molar-refractivity contribution is 9.09. The Kier molecular flexibility index (Phi) is 5.56. The van der Waals surface area contributed by atoms with Gasteiger partial charge in [-0.3, -0.25) is 0 Å². The zero-order valence-electron chi connectivity index (χ0n) is 11.8. The van der Waals surface area contributed by atoms with E-state index in [4.69, 9.17) is 9.47 Å². The third-order valence-corrected chi connectivity index (χ3v) is 5.11. The van der Waals surface area contributed by atoms with Crippen molar-refractivity contribution in [3.05, 3.63) is 23.8 Å². The van der Waals surface area contributed by atoms with Gasteiger partial charge in [0, 0.05) is 4.83 Å². The molecule has 3 heteroatoms. The van der Waals surface area contributed by atoms with Crippen LogP contribution >= 0.6 is 15.9 Å². The van der Waals surface area contributed by atoms with Crippen LogP contribution in [0.5, 0.6) is 11.5 Å². The second-order valence-electron chi connectivity index (χ2n) is 5.31. The van der Waals surface area contributed by atoms with Gasteiger partial charge in [0.1, 0.15) is 0 Å². The number of alkyl halides is 1. The first kappa shape index (κ1) is 14.7. The first-order valence-electron chi connectivity index (χ1n) is 7.09. The summed E-state index contributed by atoms with van der Waals surface area (Å²) in [5, 5.41) is 0. The molecule has 2 rings (SSSR count). The molecular formula is C16H23BrO2. The lowest BCUT2D eigenvalue weighted by Gasteiger charge is -2.26. The van der Waals surface area contributed by atoms with Gasteiger partial charge < -0.3 is 9.47 Å². The Labute approximate surface area is 124 Å². The fraction of sp³-hybridized carbons (Fsp3) is 0.625. The van der Waals surface area contributed by atoms with Gasteiger partial charge in [-0.1, -0.05) is 41.3 Å². The SMILES string of the molecule is COc1ccc(CC(Br)C2CCCCC2)cc1OC. The first-order valence-corrected chi connectivity index (χ1v) is 8.01. The maximum Gasteiger partial charge on any atom is 0.160 e. The molecule has 19 heavy (non-hydrogen) atoms. The van der Waals surface area contributed by atoms with Crippen LogP contribution in [0.2, 0.25) is 0 Å². The van der Waals surface area contributed by atoms with Crippen LogP contribution < -0.4 is 9.47 Å². The van der Waals surface area contributed by atoms with Gasteiger partial charge in [-0.05, 0) is 42.9 Å². The van der Waals surface area contributed by atoms with E-state index in [0.29, 0.717) is 4.83 Å². The summed E-state index contributed by atoms with van der Waals surface area (Å²) in [6.07, 6.45) is 7.97. The van der Waals surface area contributed by atoms with Gasteiger partial charge in [-0.2, -0.15) is 0 Å². The van der Waals surface area contributed by atoms with Crippen LogP contribution in [0.4, 0.5) is 0 Å². The average molecular weight is 327 g/mol. The van der Waals surface area contributed by atoms with Gasteiger partial charge in [-0.25, -0.2) is 0 Å². The van der Waals surface area contributed by atoms with Crippen molar-refractivity contribution in [3.63, 3.8) is 0 Å². The molecular weight excluding hydrogens is 304 g/mol. The molecule has 0 amide bonds. The first-order chi connectivity index (χ1) is 9.24. The van der Waals surface area contributed by atoms with Crippen LogP contribution in [0.25, 0.3) is 0 Å². The lowest BCUT2D eigenvalue weighted by atomic mass is 9.85. The van der Waals surface area contributed by atoms with Crippen LogP contribution in [-0.4, -0.2) is 19.0 Å². The van der Waals surface area contributed by atoms with Gasteiger partial charge in [0.2, 0.25) is 0 Å². The molecule has 0 N–H and O–H groups in total. The number of ether oxygens (including phenoxy) is 2. The van der Waals surface area contributed by atoms with Crippen LogP contribution in [0.15, 0.2) is 18.2 Å². The van der Waals surface area contributed by atoms with Crippen molar-refractivity contribution in [2.75, 3.05) is 14.2 Å². The van der Waals surface area contributed by atoms with Gasteiger partial charge in [-0.15, -0.1) is 0 Å². The molecule has 106 valence electrons. The summed E-state index contributed by atoms with van der Waals surface area (Å²) >= 11 is 3.89. The zero-order valence-corrected chi connectivity index (χ0v) is 13.4. The summed E-state index contributed by atoms with van der Waals surface area (Å²) in [6, 6.07) is 6.23. The topological polar surface area (TPSA) is 18.5 Å². The van der Waals surface area contributed by atoms with Crippen molar-refractivity contribution in [3.8, 4) is 11.5 Å². The molecule has 0 bridgehead atoms. The molecule has 1 unspecified atom stereocenters. The fourth-order valence-corrected chi connectivity index (χ4v) is 3.80. The third kappa shape index (κ3) is 3.88. The van der Waals surface area contributed by atoms with Crippen LogP contribution in [0, 0.1) is 5.92 Å². The number of halogens is 1. The van der Waals surface area contributed by atoms with Crippen molar-refractivity contribution in [2.45, 2.75) is 43.4 Å². The molecule has 1 saturated carbocycles. The molecule has 0 radical (unpaired) electrons. The normalized spacial score (nSPS) is 18.1. The number of rotatable bonds is 5. The molecule has 1 aliphatic carbocycles. The zero-order chi connectivity index (χ0) is 13.7. The molecule has 0 heterocycles. The van der Waals surface area contributed by atoms with Crippen molar-refractivity contribution in [2.24, 2.45) is 5.92 Å². The summed E-state index contributed by atoms with van der Waals surface area (Å²) in [4.78, 5) is 0.575. The Morgan fingerprint density at radius 1 is 1.11 bits per heavy atom. The van der Waals surface area contributed by atoms with Crippen LogP contribution in [-0.2, 0) is 6.42 Å². The van der Waals surface area contributed by atoms with E-state index in [1.807, 2.05) is 6.07 Å². The Morgan fingerprint density at radius 3 is 2.42 bits per heavy atom. The summed E-state index contributed by atoms with van der Waals surface area (Å²) in [5.41, 5.74) is 1.31. The van der Waals surface area contributed by atoms with Crippen LogP contribution in [0.1, 0.15) is 37.7 Å². The average Bonchev–Trinajstić information content (AvgIpc) is 2.48. The Balaban J connectivity index is 2.01. The summed E-state index contributed by atoms with van der Waals surface area (Å²) in [5.74, 6) is 2.44. The lowest BCUT2D eigenvalue weighted by molar-refractivity contribution is 0.347. The molecule has 0 aliphatic heterocycles. The van der Waals surface area contributed by atoms with E-state index in [1.165, 1.54) is 37.7 Å². The molecule has 0 saturated heterocycles. The Hall–Kier alpha value is -0.700. The van der Waals surface area contributed by atoms with Gasteiger partial charge in [0.25, 0.3) is 0 Å². The fourth-order valence-electron chi connectivity index (χ4n) is 2.90. The van der Waals surface area contributed by atoms with E-state index in [2.05, 4.69) is 28.1 Å². The highest BCUT2D eigenvalue weighted by Gasteiger charge is 2.21. The van der Waals surface area contributed by atoms with Crippen molar-refractivity contribution in [1.82, 2.24) is 0 Å². The van der Waals surface area contributed by atoms with E-state index in [1.54, 1.807) is 14.2 Å². The molecule has 1 aromatic rings. The van der Waals surface area contributed by atoms with Crippen LogP contribution in [0.3, 0.4) is 0 Å². The number of methoxy groups -OCH3 is 2. The highest BCUT2D eigenvalue weighted by atomic mass is 79.9. The van der Waals surface area contributed by atoms with E-state index in [-0.39, 0.29) is 0 Å². The third-order valence-electron chi connectivity index (χ3n) is 4.04. The lowest BCUT2D eigenvalue weighted by Crippen LogP contribution is -2.19. The van der Waals surface area contributed by atoms with E-state index in [9.17, 15) is 0 Å². The maximum absolute atomic E-state index is 5.36. The summed E-state index contributed by atoms with van der Waals surface area (Å²) in [7, 11) is 3.36. The molecule has 0 spiro atoms. The smallest absolute Gasteiger partial charge is 0.160 e. The van der Waals surface area contributed by atoms with Crippen molar-refractivity contribution in [1.29, 1.82) is 0 Å². The monoisotopic (exact) mass is 326 g/mol. The van der Waals surface area contributed by atoms with Gasteiger partial charge >= 0.3 is 0 Å². The molecule has 1 atom stereocenters.